The van der Waals surface area contributed by atoms with Crippen LogP contribution in [0.3, 0.4) is 0 Å². The second kappa shape index (κ2) is 4.30. The minimum absolute atomic E-state index is 0.0798. The van der Waals surface area contributed by atoms with Gasteiger partial charge in [0.15, 0.2) is 0 Å². The van der Waals surface area contributed by atoms with Crippen LogP contribution in [0.15, 0.2) is 0 Å². The van der Waals surface area contributed by atoms with Crippen LogP contribution in [0.5, 0.6) is 0 Å². The van der Waals surface area contributed by atoms with Crippen LogP contribution in [0, 0.1) is 11.3 Å². The Morgan fingerprint density at radius 1 is 1.57 bits per heavy atom. The van der Waals surface area contributed by atoms with E-state index in [-0.39, 0.29) is 11.4 Å². The molecule has 1 aliphatic carbocycles. The molecular formula is C11H21NO2. The van der Waals surface area contributed by atoms with Crippen LogP contribution < -0.4 is 5.73 Å². The van der Waals surface area contributed by atoms with E-state index in [1.165, 1.54) is 0 Å². The smallest absolute Gasteiger partial charge is 0.305 e. The molecule has 0 radical (unpaired) electrons. The molecular weight excluding hydrogens is 178 g/mol. The molecule has 3 heteroatoms. The Morgan fingerprint density at radius 2 is 2.21 bits per heavy atom. The summed E-state index contributed by atoms with van der Waals surface area (Å²) in [5.41, 5.74) is 6.10. The number of hydrogen-bond donors (Lipinski definition) is 1. The van der Waals surface area contributed by atoms with Crippen molar-refractivity contribution in [3.8, 4) is 0 Å². The third-order valence-corrected chi connectivity index (χ3v) is 3.55. The fraction of sp³-hybridized carbons (Fsp3) is 0.909. The molecule has 2 atom stereocenters. The lowest BCUT2D eigenvalue weighted by Crippen LogP contribution is -2.54. The number of nitrogens with two attached hydrogens (primary N) is 1. The Hall–Kier alpha value is -0.570. The first-order chi connectivity index (χ1) is 6.48. The quantitative estimate of drug-likeness (QED) is 0.701. The third kappa shape index (κ3) is 2.27. The van der Waals surface area contributed by atoms with Gasteiger partial charge in [-0.3, -0.25) is 4.79 Å². The van der Waals surface area contributed by atoms with Crippen molar-refractivity contribution in [2.75, 3.05) is 6.61 Å². The molecule has 0 amide bonds. The number of carbonyl (C=O) groups is 1. The number of carbonyl (C=O) groups excluding carboxylic acids is 1. The molecule has 1 fully saturated rings. The van der Waals surface area contributed by atoms with Crippen molar-refractivity contribution in [1.29, 1.82) is 0 Å². The second-order valence-corrected chi connectivity index (χ2v) is 4.70. The number of esters is 1. The molecule has 1 rings (SSSR count). The molecule has 82 valence electrons. The SMILES string of the molecule is CCOC(=O)CC[C@H]1C[C@@H](N)C1(C)C. The van der Waals surface area contributed by atoms with Crippen molar-refractivity contribution in [3.05, 3.63) is 0 Å². The van der Waals surface area contributed by atoms with Gasteiger partial charge >= 0.3 is 5.97 Å². The highest BCUT2D eigenvalue weighted by Gasteiger charge is 2.45. The van der Waals surface area contributed by atoms with Crippen molar-refractivity contribution in [3.63, 3.8) is 0 Å². The van der Waals surface area contributed by atoms with E-state index in [4.69, 9.17) is 10.5 Å². The lowest BCUT2D eigenvalue weighted by atomic mass is 9.57. The van der Waals surface area contributed by atoms with E-state index in [9.17, 15) is 4.79 Å². The van der Waals surface area contributed by atoms with Gasteiger partial charge in [0.05, 0.1) is 6.61 Å². The van der Waals surface area contributed by atoms with Crippen LogP contribution in [-0.2, 0) is 9.53 Å². The van der Waals surface area contributed by atoms with Gasteiger partial charge in [0.2, 0.25) is 0 Å². The Labute approximate surface area is 86.0 Å². The van der Waals surface area contributed by atoms with Crippen molar-refractivity contribution >= 4 is 5.97 Å². The Morgan fingerprint density at radius 3 is 2.64 bits per heavy atom. The first kappa shape index (κ1) is 11.5. The summed E-state index contributed by atoms with van der Waals surface area (Å²) in [4.78, 5) is 11.1. The zero-order chi connectivity index (χ0) is 10.8. The van der Waals surface area contributed by atoms with E-state index >= 15 is 0 Å². The molecule has 0 heterocycles. The topological polar surface area (TPSA) is 52.3 Å². The number of hydrogen-bond acceptors (Lipinski definition) is 3. The van der Waals surface area contributed by atoms with Crippen LogP contribution in [-0.4, -0.2) is 18.6 Å². The van der Waals surface area contributed by atoms with E-state index in [1.807, 2.05) is 6.92 Å². The third-order valence-electron chi connectivity index (χ3n) is 3.55. The Bertz CT molecular complexity index is 213. The normalized spacial score (nSPS) is 29.4. The van der Waals surface area contributed by atoms with Gasteiger partial charge in [-0.25, -0.2) is 0 Å². The van der Waals surface area contributed by atoms with Gasteiger partial charge in [0.25, 0.3) is 0 Å². The van der Waals surface area contributed by atoms with Gasteiger partial charge in [-0.2, -0.15) is 0 Å². The van der Waals surface area contributed by atoms with Crippen LogP contribution in [0.25, 0.3) is 0 Å². The summed E-state index contributed by atoms with van der Waals surface area (Å²) in [6.07, 6.45) is 2.50. The maximum absolute atomic E-state index is 11.1. The lowest BCUT2D eigenvalue weighted by Gasteiger charge is -2.50. The zero-order valence-corrected chi connectivity index (χ0v) is 9.38. The average molecular weight is 199 g/mol. The minimum atomic E-state index is -0.0798. The maximum atomic E-state index is 11.1. The monoisotopic (exact) mass is 199 g/mol. The fourth-order valence-electron chi connectivity index (χ4n) is 2.07. The van der Waals surface area contributed by atoms with Crippen LogP contribution >= 0.6 is 0 Å². The predicted octanol–water partition coefficient (Wildman–Crippen LogP) is 1.70. The van der Waals surface area contributed by atoms with Gasteiger partial charge < -0.3 is 10.5 Å². The zero-order valence-electron chi connectivity index (χ0n) is 9.38. The van der Waals surface area contributed by atoms with Crippen molar-refractivity contribution < 1.29 is 9.53 Å². The molecule has 0 spiro atoms. The summed E-state index contributed by atoms with van der Waals surface area (Å²) in [7, 11) is 0. The first-order valence-electron chi connectivity index (χ1n) is 5.39. The summed E-state index contributed by atoms with van der Waals surface area (Å²) in [6, 6.07) is 0.301. The molecule has 3 nitrogen and oxygen atoms in total. The second-order valence-electron chi connectivity index (χ2n) is 4.70. The molecule has 0 aliphatic heterocycles. The van der Waals surface area contributed by atoms with E-state index in [2.05, 4.69) is 13.8 Å². The summed E-state index contributed by atoms with van der Waals surface area (Å²) >= 11 is 0. The standard InChI is InChI=1S/C11H21NO2/c1-4-14-10(13)6-5-8-7-9(12)11(8,2)3/h8-9H,4-7,12H2,1-3H3/t8-,9+/m0/s1. The Balaban J connectivity index is 2.24. The van der Waals surface area contributed by atoms with Gasteiger partial charge in [-0.1, -0.05) is 13.8 Å². The summed E-state index contributed by atoms with van der Waals surface area (Å²) < 4.78 is 4.89. The lowest BCUT2D eigenvalue weighted by molar-refractivity contribution is -0.144. The molecule has 0 aromatic rings. The van der Waals surface area contributed by atoms with Crippen LogP contribution in [0.4, 0.5) is 0 Å². The highest BCUT2D eigenvalue weighted by Crippen LogP contribution is 2.47. The van der Waals surface area contributed by atoms with Crippen molar-refractivity contribution in [1.82, 2.24) is 0 Å². The van der Waals surface area contributed by atoms with E-state index in [0.29, 0.717) is 25.0 Å². The highest BCUT2D eigenvalue weighted by molar-refractivity contribution is 5.69. The van der Waals surface area contributed by atoms with Gasteiger partial charge in [0.1, 0.15) is 0 Å². The summed E-state index contributed by atoms with van der Waals surface area (Å²) in [5.74, 6) is 0.505. The molecule has 1 saturated carbocycles. The van der Waals surface area contributed by atoms with Crippen LogP contribution in [0.1, 0.15) is 40.0 Å². The van der Waals surface area contributed by atoms with Crippen molar-refractivity contribution in [2.24, 2.45) is 17.1 Å². The molecule has 0 aromatic heterocycles. The number of ether oxygens (including phenoxy) is 1. The first-order valence-corrected chi connectivity index (χ1v) is 5.39. The minimum Gasteiger partial charge on any atom is -0.466 e. The van der Waals surface area contributed by atoms with Gasteiger partial charge in [0, 0.05) is 12.5 Å². The largest absolute Gasteiger partial charge is 0.466 e. The fourth-order valence-corrected chi connectivity index (χ4v) is 2.07. The molecule has 0 aromatic carbocycles. The average Bonchev–Trinajstić information content (AvgIpc) is 2.12. The summed E-state index contributed by atoms with van der Waals surface area (Å²) in [6.45, 7) is 6.67. The molecule has 1 aliphatic rings. The van der Waals surface area contributed by atoms with Gasteiger partial charge in [-0.05, 0) is 31.1 Å². The maximum Gasteiger partial charge on any atom is 0.305 e. The number of rotatable bonds is 4. The highest BCUT2D eigenvalue weighted by atomic mass is 16.5. The predicted molar refractivity (Wildman–Crippen MR) is 55.7 cm³/mol. The molecule has 14 heavy (non-hydrogen) atoms. The summed E-state index contributed by atoms with van der Waals surface area (Å²) in [5, 5.41) is 0. The molecule has 2 N–H and O–H groups in total. The molecule has 0 bridgehead atoms. The van der Waals surface area contributed by atoms with E-state index < -0.39 is 0 Å². The van der Waals surface area contributed by atoms with Gasteiger partial charge in [-0.15, -0.1) is 0 Å². The van der Waals surface area contributed by atoms with Crippen LogP contribution in [0.2, 0.25) is 0 Å². The molecule has 0 unspecified atom stereocenters. The van der Waals surface area contributed by atoms with Crippen molar-refractivity contribution in [2.45, 2.75) is 46.1 Å². The Kier molecular flexibility index (Phi) is 3.53. The van der Waals surface area contributed by atoms with E-state index in [1.54, 1.807) is 0 Å². The molecule has 0 saturated heterocycles. The van der Waals surface area contributed by atoms with E-state index in [0.717, 1.165) is 12.8 Å².